The Kier molecular flexibility index (Phi) is 8.99. The largest absolute Gasteiger partial charge is 0.449 e. The van der Waals surface area contributed by atoms with Crippen LogP contribution in [0.3, 0.4) is 0 Å². The smallest absolute Gasteiger partial charge is 0.411 e. The third-order valence-corrected chi connectivity index (χ3v) is 9.21. The van der Waals surface area contributed by atoms with Gasteiger partial charge in [-0.1, -0.05) is 37.3 Å². The lowest BCUT2D eigenvalue weighted by molar-refractivity contribution is 0.107. The minimum Gasteiger partial charge on any atom is -0.449 e. The summed E-state index contributed by atoms with van der Waals surface area (Å²) in [6.07, 6.45) is 8.23. The van der Waals surface area contributed by atoms with E-state index in [1.807, 2.05) is 54.2 Å². The summed E-state index contributed by atoms with van der Waals surface area (Å²) in [5.41, 5.74) is 5.38. The monoisotopic (exact) mass is 630 g/mol. The van der Waals surface area contributed by atoms with Crippen molar-refractivity contribution in [3.8, 4) is 0 Å². The van der Waals surface area contributed by atoms with E-state index in [4.69, 9.17) is 4.74 Å². The fourth-order valence-electron chi connectivity index (χ4n) is 5.83. The van der Waals surface area contributed by atoms with E-state index in [1.54, 1.807) is 10.7 Å². The Balaban J connectivity index is 1.10. The molecule has 3 aromatic heterocycles. The van der Waals surface area contributed by atoms with Gasteiger partial charge in [0.15, 0.2) is 5.82 Å². The Morgan fingerprint density at radius 1 is 1.09 bits per heavy atom. The third-order valence-electron chi connectivity index (χ3n) is 8.28. The van der Waals surface area contributed by atoms with Gasteiger partial charge < -0.3 is 15.0 Å². The molecule has 5 aromatic rings. The van der Waals surface area contributed by atoms with Crippen LogP contribution in [0.25, 0.3) is 16.4 Å². The van der Waals surface area contributed by atoms with Crippen molar-refractivity contribution in [2.24, 2.45) is 5.92 Å². The van der Waals surface area contributed by atoms with Crippen molar-refractivity contribution in [3.63, 3.8) is 0 Å². The molecular weight excluding hydrogens is 592 g/mol. The molecule has 2 aromatic carbocycles. The van der Waals surface area contributed by atoms with Crippen LogP contribution in [0.15, 0.2) is 67.3 Å². The van der Waals surface area contributed by atoms with Crippen molar-refractivity contribution < 1.29 is 17.9 Å². The molecule has 13 heteroatoms. The number of anilines is 3. The number of ether oxygens (including phenoxy) is 1. The minimum absolute atomic E-state index is 0.167. The predicted octanol–water partition coefficient (Wildman–Crippen LogP) is 4.74. The molecule has 0 spiro atoms. The minimum atomic E-state index is -2.98. The van der Waals surface area contributed by atoms with E-state index in [0.717, 1.165) is 53.6 Å². The standard InChI is InChI=1S/C32H38N8O4S/c1-3-27-28(37-32(41)44-21-24-11-13-38(14-12-24)15-16-45(2,42)43)20-40-30(27)31(33-22-35-40)36-26-9-10-29-25(17-26)18-34-39(29)19-23-7-5-4-6-8-23/h4-10,17-18,20,22,24H,3,11-16,19,21H2,1-2H3,(H,37,41)(H,33,35,36). The molecule has 6 rings (SSSR count). The molecule has 0 unspecified atom stereocenters. The number of piperidine rings is 1. The summed E-state index contributed by atoms with van der Waals surface area (Å²) in [6, 6.07) is 16.3. The lowest BCUT2D eigenvalue weighted by Gasteiger charge is -2.31. The topological polar surface area (TPSA) is 136 Å². The number of nitrogens with zero attached hydrogens (tertiary/aromatic N) is 6. The Labute approximate surface area is 262 Å². The van der Waals surface area contributed by atoms with E-state index >= 15 is 0 Å². The maximum atomic E-state index is 12.8. The van der Waals surface area contributed by atoms with Crippen LogP contribution in [0.4, 0.5) is 22.0 Å². The van der Waals surface area contributed by atoms with E-state index in [9.17, 15) is 13.2 Å². The molecule has 0 saturated carbocycles. The van der Waals surface area contributed by atoms with Gasteiger partial charge in [-0.15, -0.1) is 0 Å². The number of sulfone groups is 1. The molecule has 4 heterocycles. The molecule has 12 nitrogen and oxygen atoms in total. The van der Waals surface area contributed by atoms with Gasteiger partial charge in [0.1, 0.15) is 21.7 Å². The number of carbonyl (C=O) groups is 1. The molecule has 1 aliphatic heterocycles. The first kappa shape index (κ1) is 30.5. The summed E-state index contributed by atoms with van der Waals surface area (Å²) in [4.78, 5) is 19.5. The number of aryl methyl sites for hydroxylation is 1. The molecule has 1 fully saturated rings. The number of carbonyl (C=O) groups excluding carboxylic acids is 1. The van der Waals surface area contributed by atoms with E-state index in [1.165, 1.54) is 18.1 Å². The highest BCUT2D eigenvalue weighted by Crippen LogP contribution is 2.31. The summed E-state index contributed by atoms with van der Waals surface area (Å²) in [5.74, 6) is 1.04. The average molecular weight is 631 g/mol. The van der Waals surface area contributed by atoms with Gasteiger partial charge in [0.2, 0.25) is 0 Å². The lowest BCUT2D eigenvalue weighted by Crippen LogP contribution is -2.38. The molecule has 0 aliphatic carbocycles. The molecule has 1 aliphatic rings. The first-order chi connectivity index (χ1) is 21.8. The Bertz CT molecular complexity index is 1900. The van der Waals surface area contributed by atoms with Crippen molar-refractivity contribution in [2.45, 2.75) is 32.7 Å². The molecule has 1 saturated heterocycles. The van der Waals surface area contributed by atoms with Crippen molar-refractivity contribution in [1.82, 2.24) is 29.3 Å². The van der Waals surface area contributed by atoms with E-state index in [-0.39, 0.29) is 11.7 Å². The first-order valence-corrected chi connectivity index (χ1v) is 17.3. The number of fused-ring (bicyclic) bond motifs is 2. The first-order valence-electron chi connectivity index (χ1n) is 15.2. The quantitative estimate of drug-likeness (QED) is 0.212. The second-order valence-corrected chi connectivity index (χ2v) is 13.9. The fraction of sp³-hybridized carbons (Fsp3) is 0.375. The Hall–Kier alpha value is -4.49. The van der Waals surface area contributed by atoms with Gasteiger partial charge in [0.05, 0.1) is 42.5 Å². The van der Waals surface area contributed by atoms with E-state index in [0.29, 0.717) is 37.6 Å². The number of hydrogen-bond donors (Lipinski definition) is 2. The van der Waals surface area contributed by atoms with Crippen LogP contribution in [-0.2, 0) is 27.5 Å². The average Bonchev–Trinajstić information content (AvgIpc) is 3.60. The number of likely N-dealkylation sites (tertiary alicyclic amines) is 1. The van der Waals surface area contributed by atoms with Crippen LogP contribution in [0.2, 0.25) is 0 Å². The molecule has 45 heavy (non-hydrogen) atoms. The molecule has 2 N–H and O–H groups in total. The second kappa shape index (κ2) is 13.2. The molecular formula is C32H38N8O4S. The van der Waals surface area contributed by atoms with Gasteiger partial charge in [-0.2, -0.15) is 10.2 Å². The van der Waals surface area contributed by atoms with E-state index in [2.05, 4.69) is 42.8 Å². The van der Waals surface area contributed by atoms with Crippen LogP contribution in [0, 0.1) is 5.92 Å². The summed E-state index contributed by atoms with van der Waals surface area (Å²) < 4.78 is 32.2. The third kappa shape index (κ3) is 7.43. The van der Waals surface area contributed by atoms with Crippen LogP contribution < -0.4 is 10.6 Å². The summed E-state index contributed by atoms with van der Waals surface area (Å²) in [5, 5.41) is 16.3. The highest BCUT2D eigenvalue weighted by Gasteiger charge is 2.22. The van der Waals surface area contributed by atoms with Gasteiger partial charge in [-0.05, 0) is 62.0 Å². The maximum absolute atomic E-state index is 12.8. The number of rotatable bonds is 11. The van der Waals surface area contributed by atoms with Crippen molar-refractivity contribution in [3.05, 3.63) is 78.4 Å². The van der Waals surface area contributed by atoms with Crippen LogP contribution in [0.5, 0.6) is 0 Å². The van der Waals surface area contributed by atoms with Gasteiger partial charge in [0, 0.05) is 29.4 Å². The number of nitrogens with one attached hydrogen (secondary N) is 2. The van der Waals surface area contributed by atoms with Crippen LogP contribution in [0.1, 0.15) is 30.9 Å². The fourth-order valence-corrected chi connectivity index (χ4v) is 6.42. The van der Waals surface area contributed by atoms with Crippen molar-refractivity contribution in [2.75, 3.05) is 48.9 Å². The number of hydrogen-bond acceptors (Lipinski definition) is 9. The summed E-state index contributed by atoms with van der Waals surface area (Å²) in [7, 11) is -2.98. The van der Waals surface area contributed by atoms with Crippen molar-refractivity contribution >= 4 is 49.5 Å². The van der Waals surface area contributed by atoms with Crippen molar-refractivity contribution in [1.29, 1.82) is 0 Å². The lowest BCUT2D eigenvalue weighted by atomic mass is 9.98. The highest BCUT2D eigenvalue weighted by molar-refractivity contribution is 7.90. The predicted molar refractivity (Wildman–Crippen MR) is 175 cm³/mol. The second-order valence-electron chi connectivity index (χ2n) is 11.6. The number of amides is 1. The Morgan fingerprint density at radius 3 is 2.64 bits per heavy atom. The molecule has 0 bridgehead atoms. The zero-order chi connectivity index (χ0) is 31.4. The summed E-state index contributed by atoms with van der Waals surface area (Å²) in [6.45, 7) is 5.17. The maximum Gasteiger partial charge on any atom is 0.411 e. The highest BCUT2D eigenvalue weighted by atomic mass is 32.2. The normalized spacial score (nSPS) is 14.6. The van der Waals surface area contributed by atoms with E-state index < -0.39 is 15.9 Å². The summed E-state index contributed by atoms with van der Waals surface area (Å²) >= 11 is 0. The zero-order valence-corrected chi connectivity index (χ0v) is 26.3. The van der Waals surface area contributed by atoms with Gasteiger partial charge in [0.25, 0.3) is 0 Å². The molecule has 0 radical (unpaired) electrons. The molecule has 236 valence electrons. The molecule has 1 amide bonds. The SMILES string of the molecule is CCc1c(NC(=O)OCC2CCN(CCS(C)(=O)=O)CC2)cn2ncnc(Nc3ccc4c(cnn4Cc4ccccc4)c3)c12. The molecule has 0 atom stereocenters. The number of benzene rings is 2. The number of aromatic nitrogens is 5. The van der Waals surface area contributed by atoms with Gasteiger partial charge >= 0.3 is 6.09 Å². The van der Waals surface area contributed by atoms with Gasteiger partial charge in [-0.3, -0.25) is 10.00 Å². The zero-order valence-electron chi connectivity index (χ0n) is 25.5. The Morgan fingerprint density at radius 2 is 1.89 bits per heavy atom. The van der Waals surface area contributed by atoms with Crippen LogP contribution >= 0.6 is 0 Å². The van der Waals surface area contributed by atoms with Gasteiger partial charge in [-0.25, -0.2) is 22.7 Å². The van der Waals surface area contributed by atoms with Crippen LogP contribution in [-0.4, -0.2) is 82.0 Å².